The van der Waals surface area contributed by atoms with E-state index in [0.29, 0.717) is 19.7 Å². The summed E-state index contributed by atoms with van der Waals surface area (Å²) >= 11 is 0. The Labute approximate surface area is 184 Å². The van der Waals surface area contributed by atoms with Gasteiger partial charge in [-0.3, -0.25) is 0 Å². The van der Waals surface area contributed by atoms with Crippen molar-refractivity contribution in [1.82, 2.24) is 10.6 Å². The highest BCUT2D eigenvalue weighted by molar-refractivity contribution is 14.0. The third kappa shape index (κ3) is 9.93. The van der Waals surface area contributed by atoms with E-state index < -0.39 is 9.84 Å². The van der Waals surface area contributed by atoms with Crippen molar-refractivity contribution in [3.05, 3.63) is 65.7 Å². The third-order valence-electron chi connectivity index (χ3n) is 3.62. The minimum Gasteiger partial charge on any atom is -0.492 e. The van der Waals surface area contributed by atoms with E-state index in [9.17, 15) is 8.42 Å². The summed E-state index contributed by atoms with van der Waals surface area (Å²) in [6, 6.07) is 17.2. The molecular weight excluding hydrogens is 489 g/mol. The fourth-order valence-electron chi connectivity index (χ4n) is 2.41. The highest BCUT2D eigenvalue weighted by Gasteiger charge is 2.04. The van der Waals surface area contributed by atoms with Crippen LogP contribution in [0.25, 0.3) is 0 Å². The molecule has 0 spiro atoms. The lowest BCUT2D eigenvalue weighted by Gasteiger charge is -2.12. The Kier molecular flexibility index (Phi) is 10.9. The Bertz CT molecular complexity index is 826. The molecular formula is C20H28IN3O3S. The van der Waals surface area contributed by atoms with Crippen LogP contribution in [-0.2, 0) is 22.1 Å². The molecule has 2 aromatic carbocycles. The molecule has 0 aliphatic rings. The van der Waals surface area contributed by atoms with Gasteiger partial charge in [-0.1, -0.05) is 42.5 Å². The van der Waals surface area contributed by atoms with Crippen LogP contribution >= 0.6 is 24.0 Å². The molecule has 0 atom stereocenters. The van der Waals surface area contributed by atoms with E-state index in [4.69, 9.17) is 4.74 Å². The number of hydrogen-bond donors (Lipinski definition) is 2. The van der Waals surface area contributed by atoms with Crippen LogP contribution in [0.3, 0.4) is 0 Å². The normalized spacial score (nSPS) is 11.4. The zero-order valence-electron chi connectivity index (χ0n) is 16.2. The molecule has 0 aromatic heterocycles. The van der Waals surface area contributed by atoms with E-state index in [1.807, 2.05) is 61.5 Å². The molecule has 0 heterocycles. The maximum Gasteiger partial charge on any atom is 0.191 e. The first-order valence-electron chi connectivity index (χ1n) is 8.92. The van der Waals surface area contributed by atoms with Gasteiger partial charge >= 0.3 is 0 Å². The molecule has 0 amide bonds. The summed E-state index contributed by atoms with van der Waals surface area (Å²) in [4.78, 5) is 4.55. The molecule has 0 aliphatic carbocycles. The molecule has 2 N–H and O–H groups in total. The molecule has 28 heavy (non-hydrogen) atoms. The van der Waals surface area contributed by atoms with Crippen LogP contribution in [-0.4, -0.2) is 40.3 Å². The number of nitrogens with one attached hydrogen (secondary N) is 2. The van der Waals surface area contributed by atoms with Crippen LogP contribution < -0.4 is 15.4 Å². The predicted octanol–water partition coefficient (Wildman–Crippen LogP) is 2.98. The van der Waals surface area contributed by atoms with Gasteiger partial charge in [-0.2, -0.15) is 0 Å². The van der Waals surface area contributed by atoms with Crippen molar-refractivity contribution in [2.75, 3.05) is 26.0 Å². The Morgan fingerprint density at radius 1 is 1.00 bits per heavy atom. The van der Waals surface area contributed by atoms with E-state index >= 15 is 0 Å². The summed E-state index contributed by atoms with van der Waals surface area (Å²) in [5, 5.41) is 6.44. The van der Waals surface area contributed by atoms with Crippen molar-refractivity contribution in [1.29, 1.82) is 0 Å². The molecule has 0 fully saturated rings. The largest absolute Gasteiger partial charge is 0.492 e. The van der Waals surface area contributed by atoms with Crippen molar-refractivity contribution in [3.8, 4) is 5.75 Å². The summed E-state index contributed by atoms with van der Waals surface area (Å²) < 4.78 is 28.3. The lowest BCUT2D eigenvalue weighted by molar-refractivity contribution is 0.322. The molecule has 0 bridgehead atoms. The number of sulfone groups is 1. The molecule has 8 heteroatoms. The van der Waals surface area contributed by atoms with Gasteiger partial charge in [0.15, 0.2) is 15.8 Å². The Hall–Kier alpha value is -1.81. The minimum atomic E-state index is -3.02. The number of nitrogens with zero attached hydrogens (tertiary/aromatic N) is 1. The fraction of sp³-hybridized carbons (Fsp3) is 0.350. The Balaban J connectivity index is 0.00000392. The van der Waals surface area contributed by atoms with Crippen LogP contribution in [0.5, 0.6) is 5.75 Å². The number of rotatable bonds is 9. The first kappa shape index (κ1) is 24.2. The van der Waals surface area contributed by atoms with Crippen LogP contribution in [0.15, 0.2) is 59.6 Å². The van der Waals surface area contributed by atoms with E-state index in [0.717, 1.165) is 29.4 Å². The fourth-order valence-corrected chi connectivity index (χ4v) is 3.21. The quantitative estimate of drug-likeness (QED) is 0.232. The van der Waals surface area contributed by atoms with Gasteiger partial charge in [0.1, 0.15) is 12.4 Å². The number of halogens is 1. The summed E-state index contributed by atoms with van der Waals surface area (Å²) in [6.07, 6.45) is 1.24. The standard InChI is InChI=1S/C20H27N3O3S.HI/c1-3-21-20(22-13-14-26-19-7-5-4-6-8-19)23-15-17-9-11-18(12-10-17)16-27(2,24)25;/h4-12H,3,13-16H2,1-2H3,(H2,21,22,23);1H. The molecule has 0 saturated carbocycles. The summed E-state index contributed by atoms with van der Waals surface area (Å²) in [6.45, 7) is 4.45. The number of aliphatic imine (C=N–C) groups is 1. The highest BCUT2D eigenvalue weighted by atomic mass is 127. The monoisotopic (exact) mass is 517 g/mol. The topological polar surface area (TPSA) is 79.8 Å². The first-order valence-corrected chi connectivity index (χ1v) is 11.0. The van der Waals surface area contributed by atoms with Gasteiger partial charge in [-0.25, -0.2) is 13.4 Å². The second-order valence-corrected chi connectivity index (χ2v) is 8.31. The average molecular weight is 517 g/mol. The van der Waals surface area contributed by atoms with Crippen LogP contribution in [0.2, 0.25) is 0 Å². The van der Waals surface area contributed by atoms with Gasteiger partial charge in [-0.05, 0) is 30.2 Å². The summed E-state index contributed by atoms with van der Waals surface area (Å²) in [7, 11) is -3.02. The van der Waals surface area contributed by atoms with E-state index in [2.05, 4.69) is 15.6 Å². The molecule has 0 saturated heterocycles. The number of ether oxygens (including phenoxy) is 1. The van der Waals surface area contributed by atoms with Gasteiger partial charge in [0.25, 0.3) is 0 Å². The maximum absolute atomic E-state index is 11.3. The van der Waals surface area contributed by atoms with Crippen molar-refractivity contribution in [2.24, 2.45) is 4.99 Å². The van der Waals surface area contributed by atoms with Crippen molar-refractivity contribution < 1.29 is 13.2 Å². The number of benzene rings is 2. The van der Waals surface area contributed by atoms with Gasteiger partial charge in [-0.15, -0.1) is 24.0 Å². The number of para-hydroxylation sites is 1. The second kappa shape index (κ2) is 12.6. The SMILES string of the molecule is CCNC(=NCc1ccc(CS(C)(=O)=O)cc1)NCCOc1ccccc1.I. The van der Waals surface area contributed by atoms with Crippen LogP contribution in [0, 0.1) is 0 Å². The van der Waals surface area contributed by atoms with Gasteiger partial charge < -0.3 is 15.4 Å². The number of hydrogen-bond acceptors (Lipinski definition) is 4. The lowest BCUT2D eigenvalue weighted by Crippen LogP contribution is -2.39. The maximum atomic E-state index is 11.3. The number of guanidine groups is 1. The smallest absolute Gasteiger partial charge is 0.191 e. The average Bonchev–Trinajstić information content (AvgIpc) is 2.64. The molecule has 0 radical (unpaired) electrons. The first-order chi connectivity index (χ1) is 13.0. The minimum absolute atomic E-state index is 0. The Morgan fingerprint density at radius 3 is 2.25 bits per heavy atom. The van der Waals surface area contributed by atoms with Crippen molar-refractivity contribution >= 4 is 39.8 Å². The third-order valence-corrected chi connectivity index (χ3v) is 4.48. The second-order valence-electron chi connectivity index (χ2n) is 6.17. The molecule has 2 aromatic rings. The van der Waals surface area contributed by atoms with Crippen molar-refractivity contribution in [2.45, 2.75) is 19.2 Å². The van der Waals surface area contributed by atoms with Gasteiger partial charge in [0, 0.05) is 12.8 Å². The van der Waals surface area contributed by atoms with Crippen LogP contribution in [0.1, 0.15) is 18.1 Å². The molecule has 0 unspecified atom stereocenters. The van der Waals surface area contributed by atoms with E-state index in [1.54, 1.807) is 0 Å². The van der Waals surface area contributed by atoms with Crippen LogP contribution in [0.4, 0.5) is 0 Å². The molecule has 2 rings (SSSR count). The zero-order chi connectivity index (χ0) is 19.5. The predicted molar refractivity (Wildman–Crippen MR) is 125 cm³/mol. The highest BCUT2D eigenvalue weighted by Crippen LogP contribution is 2.09. The summed E-state index contributed by atoms with van der Waals surface area (Å²) in [5.74, 6) is 1.62. The molecule has 154 valence electrons. The van der Waals surface area contributed by atoms with Gasteiger partial charge in [0.05, 0.1) is 18.8 Å². The summed E-state index contributed by atoms with van der Waals surface area (Å²) in [5.41, 5.74) is 1.80. The molecule has 6 nitrogen and oxygen atoms in total. The zero-order valence-corrected chi connectivity index (χ0v) is 19.4. The Morgan fingerprint density at radius 2 is 1.64 bits per heavy atom. The van der Waals surface area contributed by atoms with Gasteiger partial charge in [0.2, 0.25) is 0 Å². The van der Waals surface area contributed by atoms with E-state index in [1.165, 1.54) is 6.26 Å². The molecule has 0 aliphatic heterocycles. The van der Waals surface area contributed by atoms with Crippen molar-refractivity contribution in [3.63, 3.8) is 0 Å². The van der Waals surface area contributed by atoms with E-state index in [-0.39, 0.29) is 29.7 Å². The lowest BCUT2D eigenvalue weighted by atomic mass is 10.1.